The molecule has 8 nitrogen and oxygen atoms in total. The zero-order valence-electron chi connectivity index (χ0n) is 14.2. The SMILES string of the molecule is O=S(=O)(c1ccc(Cl)cc1)N1CCC(c2nc(-c3cnccn3)no2)CC1. The summed E-state index contributed by atoms with van der Waals surface area (Å²) in [6.07, 6.45) is 5.91. The van der Waals surface area contributed by atoms with Crippen LogP contribution in [0.15, 0.2) is 52.3 Å². The Balaban J connectivity index is 1.45. The van der Waals surface area contributed by atoms with Gasteiger partial charge in [0, 0.05) is 36.4 Å². The Morgan fingerprint density at radius 1 is 1.11 bits per heavy atom. The predicted molar refractivity (Wildman–Crippen MR) is 97.5 cm³/mol. The maximum absolute atomic E-state index is 12.7. The third-order valence-electron chi connectivity index (χ3n) is 4.49. The molecule has 1 aliphatic rings. The maximum atomic E-state index is 12.7. The van der Waals surface area contributed by atoms with E-state index in [1.54, 1.807) is 30.7 Å². The topological polar surface area (TPSA) is 102 Å². The quantitative estimate of drug-likeness (QED) is 0.657. The molecule has 2 aromatic heterocycles. The summed E-state index contributed by atoms with van der Waals surface area (Å²) < 4.78 is 32.3. The van der Waals surface area contributed by atoms with E-state index in [2.05, 4.69) is 20.1 Å². The fourth-order valence-electron chi connectivity index (χ4n) is 3.02. The van der Waals surface area contributed by atoms with Crippen molar-refractivity contribution in [3.05, 3.63) is 53.8 Å². The molecule has 0 saturated carbocycles. The van der Waals surface area contributed by atoms with Crippen molar-refractivity contribution in [2.75, 3.05) is 13.1 Å². The molecule has 10 heteroatoms. The third-order valence-corrected chi connectivity index (χ3v) is 6.65. The molecular formula is C17H16ClN5O3S. The Kier molecular flexibility index (Phi) is 4.90. The average molecular weight is 406 g/mol. The number of hydrogen-bond acceptors (Lipinski definition) is 7. The molecule has 1 aliphatic heterocycles. The standard InChI is InChI=1S/C17H16ClN5O3S/c18-13-1-3-14(4-2-13)27(24,25)23-9-5-12(6-10-23)17-21-16(22-26-17)15-11-19-7-8-20-15/h1-4,7-8,11-12H,5-6,9-10H2. The van der Waals surface area contributed by atoms with Crippen LogP contribution in [0.2, 0.25) is 5.02 Å². The molecule has 1 saturated heterocycles. The van der Waals surface area contributed by atoms with Gasteiger partial charge in [-0.3, -0.25) is 4.98 Å². The van der Waals surface area contributed by atoms with Gasteiger partial charge in [-0.2, -0.15) is 9.29 Å². The second-order valence-electron chi connectivity index (χ2n) is 6.18. The number of aromatic nitrogens is 4. The summed E-state index contributed by atoms with van der Waals surface area (Å²) in [6.45, 7) is 0.775. The Hall–Kier alpha value is -2.36. The van der Waals surface area contributed by atoms with Crippen LogP contribution in [0, 0.1) is 0 Å². The van der Waals surface area contributed by atoms with Crippen LogP contribution in [-0.2, 0) is 10.0 Å². The zero-order valence-corrected chi connectivity index (χ0v) is 15.8. The first-order valence-electron chi connectivity index (χ1n) is 8.40. The Morgan fingerprint density at radius 2 is 1.85 bits per heavy atom. The van der Waals surface area contributed by atoms with Crippen LogP contribution in [-0.4, -0.2) is 45.9 Å². The van der Waals surface area contributed by atoms with Gasteiger partial charge >= 0.3 is 0 Å². The second kappa shape index (κ2) is 7.34. The zero-order chi connectivity index (χ0) is 18.9. The molecule has 3 heterocycles. The average Bonchev–Trinajstić information content (AvgIpc) is 3.19. The van der Waals surface area contributed by atoms with E-state index in [0.717, 1.165) is 0 Å². The summed E-state index contributed by atoms with van der Waals surface area (Å²) in [5, 5.41) is 4.46. The minimum absolute atomic E-state index is 0.0135. The van der Waals surface area contributed by atoms with Crippen molar-refractivity contribution >= 4 is 21.6 Å². The minimum atomic E-state index is -3.53. The van der Waals surface area contributed by atoms with E-state index in [9.17, 15) is 8.42 Å². The van der Waals surface area contributed by atoms with E-state index in [-0.39, 0.29) is 10.8 Å². The van der Waals surface area contributed by atoms with E-state index < -0.39 is 10.0 Å². The highest BCUT2D eigenvalue weighted by molar-refractivity contribution is 7.89. The summed E-state index contributed by atoms with van der Waals surface area (Å²) >= 11 is 5.84. The molecule has 1 aromatic carbocycles. The lowest BCUT2D eigenvalue weighted by Gasteiger charge is -2.29. The first-order valence-corrected chi connectivity index (χ1v) is 10.2. The number of piperidine rings is 1. The van der Waals surface area contributed by atoms with E-state index in [4.69, 9.17) is 16.1 Å². The predicted octanol–water partition coefficient (Wildman–Crippen LogP) is 2.75. The van der Waals surface area contributed by atoms with Gasteiger partial charge in [0.15, 0.2) is 0 Å². The van der Waals surface area contributed by atoms with Gasteiger partial charge in [0.1, 0.15) is 5.69 Å². The molecule has 140 valence electrons. The highest BCUT2D eigenvalue weighted by Gasteiger charge is 2.32. The molecule has 0 aliphatic carbocycles. The molecule has 0 atom stereocenters. The smallest absolute Gasteiger partial charge is 0.243 e. The Morgan fingerprint density at radius 3 is 2.52 bits per heavy atom. The van der Waals surface area contributed by atoms with Crippen molar-refractivity contribution in [2.45, 2.75) is 23.7 Å². The van der Waals surface area contributed by atoms with Crippen LogP contribution < -0.4 is 0 Å². The van der Waals surface area contributed by atoms with Gasteiger partial charge in [-0.15, -0.1) is 0 Å². The lowest BCUT2D eigenvalue weighted by atomic mass is 9.98. The summed E-state index contributed by atoms with van der Waals surface area (Å²) in [7, 11) is -3.53. The van der Waals surface area contributed by atoms with Crippen molar-refractivity contribution in [1.82, 2.24) is 24.4 Å². The van der Waals surface area contributed by atoms with E-state index >= 15 is 0 Å². The first-order chi connectivity index (χ1) is 13.0. The van der Waals surface area contributed by atoms with E-state index in [1.807, 2.05) is 0 Å². The normalized spacial score (nSPS) is 16.5. The van der Waals surface area contributed by atoms with Crippen LogP contribution in [0.3, 0.4) is 0 Å². The molecule has 3 aromatic rings. The number of hydrogen-bond donors (Lipinski definition) is 0. The molecule has 0 radical (unpaired) electrons. The van der Waals surface area contributed by atoms with Crippen LogP contribution in [0.4, 0.5) is 0 Å². The fourth-order valence-corrected chi connectivity index (χ4v) is 4.61. The van der Waals surface area contributed by atoms with Gasteiger partial charge in [0.25, 0.3) is 0 Å². The van der Waals surface area contributed by atoms with Gasteiger partial charge in [0.05, 0.1) is 11.1 Å². The monoisotopic (exact) mass is 405 g/mol. The highest BCUT2D eigenvalue weighted by Crippen LogP contribution is 2.31. The summed E-state index contributed by atoms with van der Waals surface area (Å²) in [5.41, 5.74) is 0.537. The lowest BCUT2D eigenvalue weighted by Crippen LogP contribution is -2.37. The van der Waals surface area contributed by atoms with Crippen LogP contribution in [0.5, 0.6) is 0 Å². The lowest BCUT2D eigenvalue weighted by molar-refractivity contribution is 0.271. The number of benzene rings is 1. The molecule has 0 N–H and O–H groups in total. The van der Waals surface area contributed by atoms with E-state index in [0.29, 0.717) is 48.4 Å². The largest absolute Gasteiger partial charge is 0.339 e. The van der Waals surface area contributed by atoms with Crippen LogP contribution >= 0.6 is 11.6 Å². The summed E-state index contributed by atoms with van der Waals surface area (Å²) in [4.78, 5) is 12.8. The third kappa shape index (κ3) is 3.71. The summed E-state index contributed by atoms with van der Waals surface area (Å²) in [6, 6.07) is 6.20. The van der Waals surface area contributed by atoms with Gasteiger partial charge in [0.2, 0.25) is 21.7 Å². The summed E-state index contributed by atoms with van der Waals surface area (Å²) in [5.74, 6) is 0.896. The maximum Gasteiger partial charge on any atom is 0.243 e. The van der Waals surface area contributed by atoms with Crippen LogP contribution in [0.25, 0.3) is 11.5 Å². The van der Waals surface area contributed by atoms with Crippen molar-refractivity contribution in [2.24, 2.45) is 0 Å². The van der Waals surface area contributed by atoms with Crippen molar-refractivity contribution < 1.29 is 12.9 Å². The second-order valence-corrected chi connectivity index (χ2v) is 8.55. The molecule has 4 rings (SSSR count). The molecule has 0 amide bonds. The van der Waals surface area contributed by atoms with Crippen molar-refractivity contribution in [3.8, 4) is 11.5 Å². The number of sulfonamides is 1. The van der Waals surface area contributed by atoms with Crippen molar-refractivity contribution in [3.63, 3.8) is 0 Å². The number of halogens is 1. The van der Waals surface area contributed by atoms with Gasteiger partial charge < -0.3 is 4.52 Å². The Labute approximate surface area is 161 Å². The number of rotatable bonds is 4. The van der Waals surface area contributed by atoms with Crippen molar-refractivity contribution in [1.29, 1.82) is 0 Å². The molecule has 0 unspecified atom stereocenters. The molecule has 1 fully saturated rings. The highest BCUT2D eigenvalue weighted by atomic mass is 35.5. The minimum Gasteiger partial charge on any atom is -0.339 e. The molecule has 0 bridgehead atoms. The van der Waals surface area contributed by atoms with E-state index in [1.165, 1.54) is 16.4 Å². The first kappa shape index (κ1) is 18.0. The molecule has 0 spiro atoms. The Bertz CT molecular complexity index is 1020. The fraction of sp³-hybridized carbons (Fsp3) is 0.294. The van der Waals surface area contributed by atoms with Gasteiger partial charge in [-0.05, 0) is 37.1 Å². The van der Waals surface area contributed by atoms with Gasteiger partial charge in [-0.25, -0.2) is 13.4 Å². The van der Waals surface area contributed by atoms with Crippen LogP contribution in [0.1, 0.15) is 24.7 Å². The van der Waals surface area contributed by atoms with Gasteiger partial charge in [-0.1, -0.05) is 16.8 Å². The number of nitrogens with zero attached hydrogens (tertiary/aromatic N) is 5. The molecular weight excluding hydrogens is 390 g/mol. The molecule has 27 heavy (non-hydrogen) atoms.